The van der Waals surface area contributed by atoms with Crippen LogP contribution in [0.4, 0.5) is 5.69 Å². The number of benzene rings is 1. The van der Waals surface area contributed by atoms with Gasteiger partial charge < -0.3 is 16.0 Å². The highest BCUT2D eigenvalue weighted by atomic mass is 16.2. The summed E-state index contributed by atoms with van der Waals surface area (Å²) in [6.07, 6.45) is 1.05. The molecule has 1 aromatic rings. The van der Waals surface area contributed by atoms with Crippen molar-refractivity contribution in [1.29, 1.82) is 0 Å². The number of quaternary nitrogens is 1. The number of piperidine rings is 1. The fourth-order valence-electron chi connectivity index (χ4n) is 4.57. The molecule has 0 aliphatic carbocycles. The van der Waals surface area contributed by atoms with Crippen molar-refractivity contribution < 1.29 is 29.7 Å². The largest absolute Gasteiger partial charge is 0.384 e. The summed E-state index contributed by atoms with van der Waals surface area (Å²) in [5, 5.41) is 5.46. The molecule has 3 heterocycles. The number of carbonyl (C=O) groups is 5. The molecule has 2 fully saturated rings. The summed E-state index contributed by atoms with van der Waals surface area (Å²) in [5.74, 6) is -1.96. The second-order valence-electron chi connectivity index (χ2n) is 8.43. The van der Waals surface area contributed by atoms with Gasteiger partial charge in [-0.3, -0.25) is 39.1 Å². The van der Waals surface area contributed by atoms with Gasteiger partial charge in [0.2, 0.25) is 11.8 Å². The van der Waals surface area contributed by atoms with Gasteiger partial charge in [-0.1, -0.05) is 6.07 Å². The van der Waals surface area contributed by atoms with E-state index in [-0.39, 0.29) is 36.4 Å². The molecule has 3 aliphatic rings. The predicted octanol–water partition coefficient (Wildman–Crippen LogP) is -1.72. The van der Waals surface area contributed by atoms with Crippen LogP contribution in [0.5, 0.6) is 0 Å². The van der Waals surface area contributed by atoms with Crippen molar-refractivity contribution in [2.24, 2.45) is 0 Å². The first-order valence-corrected chi connectivity index (χ1v) is 11.3. The number of carbonyl (C=O) groups excluding carboxylic acids is 5. The van der Waals surface area contributed by atoms with Crippen LogP contribution in [0.2, 0.25) is 0 Å². The van der Waals surface area contributed by atoms with E-state index >= 15 is 0 Å². The Labute approximate surface area is 191 Å². The van der Waals surface area contributed by atoms with Crippen LogP contribution in [0.15, 0.2) is 18.2 Å². The fraction of sp³-hybridized carbons (Fsp3) is 0.500. The van der Waals surface area contributed by atoms with Gasteiger partial charge in [-0.05, 0) is 31.5 Å². The SMILES string of the molecule is [NH3+]CC(=O)N1CCN(CCCNc2cccc3c2C(=O)N(C2CCC(=O)NC2=O)C3=O)CC1. The molecule has 2 saturated heterocycles. The number of hydrogen-bond donors (Lipinski definition) is 3. The zero-order chi connectivity index (χ0) is 23.5. The van der Waals surface area contributed by atoms with E-state index in [1.165, 1.54) is 0 Å². The monoisotopic (exact) mass is 457 g/mol. The van der Waals surface area contributed by atoms with Crippen molar-refractivity contribution in [3.63, 3.8) is 0 Å². The second kappa shape index (κ2) is 9.67. The highest BCUT2D eigenvalue weighted by Gasteiger charge is 2.45. The minimum atomic E-state index is -0.975. The fourth-order valence-corrected chi connectivity index (χ4v) is 4.57. The molecule has 0 radical (unpaired) electrons. The van der Waals surface area contributed by atoms with Gasteiger partial charge in [0.25, 0.3) is 17.7 Å². The van der Waals surface area contributed by atoms with Gasteiger partial charge in [0.1, 0.15) is 6.04 Å². The number of nitrogens with zero attached hydrogens (tertiary/aromatic N) is 3. The highest BCUT2D eigenvalue weighted by molar-refractivity contribution is 6.25. The minimum Gasteiger partial charge on any atom is -0.384 e. The lowest BCUT2D eigenvalue weighted by Gasteiger charge is -2.34. The van der Waals surface area contributed by atoms with Crippen molar-refractivity contribution in [2.75, 3.05) is 51.1 Å². The molecule has 4 rings (SSSR count). The summed E-state index contributed by atoms with van der Waals surface area (Å²) >= 11 is 0. The van der Waals surface area contributed by atoms with Crippen molar-refractivity contribution >= 4 is 35.2 Å². The van der Waals surface area contributed by atoms with Crippen LogP contribution >= 0.6 is 0 Å². The number of rotatable bonds is 7. The Morgan fingerprint density at radius 2 is 1.85 bits per heavy atom. The van der Waals surface area contributed by atoms with Gasteiger partial charge in [-0.2, -0.15) is 0 Å². The molecule has 1 aromatic carbocycles. The van der Waals surface area contributed by atoms with Crippen LogP contribution in [0.1, 0.15) is 40.0 Å². The molecule has 0 aromatic heterocycles. The normalized spacial score (nSPS) is 21.3. The zero-order valence-corrected chi connectivity index (χ0v) is 18.5. The van der Waals surface area contributed by atoms with Crippen LogP contribution in [-0.2, 0) is 14.4 Å². The van der Waals surface area contributed by atoms with E-state index in [2.05, 4.69) is 21.3 Å². The van der Waals surface area contributed by atoms with Gasteiger partial charge in [0.05, 0.1) is 11.1 Å². The molecule has 5 amide bonds. The lowest BCUT2D eigenvalue weighted by molar-refractivity contribution is -0.357. The van der Waals surface area contributed by atoms with E-state index in [0.717, 1.165) is 31.0 Å². The first-order chi connectivity index (χ1) is 15.9. The molecule has 11 nitrogen and oxygen atoms in total. The summed E-state index contributed by atoms with van der Waals surface area (Å²) in [6.45, 7) is 4.80. The lowest BCUT2D eigenvalue weighted by Crippen LogP contribution is -2.60. The number of piperazine rings is 1. The van der Waals surface area contributed by atoms with Crippen molar-refractivity contribution in [3.05, 3.63) is 29.3 Å². The van der Waals surface area contributed by atoms with E-state index in [4.69, 9.17) is 0 Å². The first-order valence-electron chi connectivity index (χ1n) is 11.3. The molecule has 11 heteroatoms. The summed E-state index contributed by atoms with van der Waals surface area (Å²) in [5.41, 5.74) is 4.74. The lowest BCUT2D eigenvalue weighted by atomic mass is 10.0. The molecule has 1 unspecified atom stereocenters. The van der Waals surface area contributed by atoms with Crippen LogP contribution in [0.25, 0.3) is 0 Å². The van der Waals surface area contributed by atoms with Gasteiger partial charge in [0, 0.05) is 44.8 Å². The second-order valence-corrected chi connectivity index (χ2v) is 8.43. The molecule has 0 saturated carbocycles. The molecule has 0 bridgehead atoms. The Kier molecular flexibility index (Phi) is 6.70. The number of amides is 5. The van der Waals surface area contributed by atoms with Gasteiger partial charge in [-0.15, -0.1) is 0 Å². The van der Waals surface area contributed by atoms with Crippen LogP contribution in [0.3, 0.4) is 0 Å². The number of fused-ring (bicyclic) bond motifs is 1. The molecule has 3 aliphatic heterocycles. The van der Waals surface area contributed by atoms with E-state index in [1.54, 1.807) is 18.2 Å². The number of imide groups is 2. The third-order valence-corrected chi connectivity index (χ3v) is 6.37. The van der Waals surface area contributed by atoms with Gasteiger partial charge in [0.15, 0.2) is 6.54 Å². The van der Waals surface area contributed by atoms with Crippen LogP contribution in [0, 0.1) is 0 Å². The van der Waals surface area contributed by atoms with E-state index in [1.807, 2.05) is 4.90 Å². The van der Waals surface area contributed by atoms with E-state index < -0.39 is 29.7 Å². The maximum Gasteiger partial charge on any atom is 0.277 e. The number of hydrogen-bond acceptors (Lipinski definition) is 7. The molecule has 0 spiro atoms. The third-order valence-electron chi connectivity index (χ3n) is 6.37. The quantitative estimate of drug-likeness (QED) is 0.326. The van der Waals surface area contributed by atoms with Gasteiger partial charge in [-0.25, -0.2) is 0 Å². The summed E-state index contributed by atoms with van der Waals surface area (Å²) in [4.78, 5) is 66.5. The Morgan fingerprint density at radius 3 is 2.55 bits per heavy atom. The van der Waals surface area contributed by atoms with Crippen LogP contribution < -0.4 is 16.4 Å². The van der Waals surface area contributed by atoms with E-state index in [0.29, 0.717) is 25.3 Å². The molecule has 5 N–H and O–H groups in total. The van der Waals surface area contributed by atoms with Crippen LogP contribution in [-0.4, -0.2) is 96.1 Å². The zero-order valence-electron chi connectivity index (χ0n) is 18.5. The molecule has 33 heavy (non-hydrogen) atoms. The topological polar surface area (TPSA) is 147 Å². The molecule has 176 valence electrons. The Balaban J connectivity index is 1.33. The predicted molar refractivity (Wildman–Crippen MR) is 117 cm³/mol. The standard InChI is InChI=1S/C22H28N6O5/c23-13-18(30)27-11-9-26(10-12-27)8-2-7-24-15-4-1-3-14-19(15)22(33)28(21(14)32)16-5-6-17(29)25-20(16)31/h1,3-4,16,24H,2,5-13,23H2,(H,25,29,31)/p+1. The average Bonchev–Trinajstić information content (AvgIpc) is 3.07. The molecule has 1 atom stereocenters. The van der Waals surface area contributed by atoms with Crippen molar-refractivity contribution in [2.45, 2.75) is 25.3 Å². The van der Waals surface area contributed by atoms with Crippen molar-refractivity contribution in [3.8, 4) is 0 Å². The third kappa shape index (κ3) is 4.60. The number of nitrogens with one attached hydrogen (secondary N) is 2. The van der Waals surface area contributed by atoms with Gasteiger partial charge >= 0.3 is 0 Å². The highest BCUT2D eigenvalue weighted by Crippen LogP contribution is 2.32. The smallest absolute Gasteiger partial charge is 0.277 e. The minimum absolute atomic E-state index is 0.0832. The number of anilines is 1. The summed E-state index contributed by atoms with van der Waals surface area (Å²) < 4.78 is 0. The Hall–Kier alpha value is -3.31. The summed E-state index contributed by atoms with van der Waals surface area (Å²) in [6, 6.07) is 4.07. The molecular formula is C22H29N6O5+. The van der Waals surface area contributed by atoms with E-state index in [9.17, 15) is 24.0 Å². The molecular weight excluding hydrogens is 428 g/mol. The van der Waals surface area contributed by atoms with Crippen molar-refractivity contribution in [1.82, 2.24) is 20.0 Å². The maximum absolute atomic E-state index is 13.1. The maximum atomic E-state index is 13.1. The Bertz CT molecular complexity index is 987. The average molecular weight is 458 g/mol. The Morgan fingerprint density at radius 1 is 1.09 bits per heavy atom. The summed E-state index contributed by atoms with van der Waals surface area (Å²) in [7, 11) is 0. The first kappa shape index (κ1) is 22.9.